The third kappa shape index (κ3) is 3.05. The summed E-state index contributed by atoms with van der Waals surface area (Å²) in [4.78, 5) is 28.5. The van der Waals surface area contributed by atoms with Crippen molar-refractivity contribution in [1.82, 2.24) is 15.0 Å². The van der Waals surface area contributed by atoms with E-state index in [4.69, 9.17) is 4.74 Å². The molecule has 1 aromatic heterocycles. The normalized spacial score (nSPS) is 10.4. The summed E-state index contributed by atoms with van der Waals surface area (Å²) in [5, 5.41) is 0. The SMILES string of the molecule is CCOC(=O)NNc1nc2ccccc2n(-c2ccccc2)c1=O. The number of rotatable bonds is 4. The molecule has 0 saturated carbocycles. The maximum atomic E-state index is 12.8. The van der Waals surface area contributed by atoms with Gasteiger partial charge in [-0.25, -0.2) is 15.2 Å². The van der Waals surface area contributed by atoms with Gasteiger partial charge in [0.05, 0.1) is 17.6 Å². The average molecular weight is 324 g/mol. The molecule has 0 fully saturated rings. The summed E-state index contributed by atoms with van der Waals surface area (Å²) in [6.45, 7) is 1.92. The van der Waals surface area contributed by atoms with E-state index in [0.717, 1.165) is 0 Å². The van der Waals surface area contributed by atoms with Crippen LogP contribution in [0.4, 0.5) is 10.6 Å². The van der Waals surface area contributed by atoms with Crippen molar-refractivity contribution >= 4 is 22.9 Å². The standard InChI is InChI=1S/C17H16N4O3/c1-2-24-17(23)20-19-15-16(22)21(12-8-4-3-5-9-12)14-11-7-6-10-13(14)18-15/h3-11H,2H2,1H3,(H,18,19)(H,20,23). The molecule has 0 spiro atoms. The molecule has 7 nitrogen and oxygen atoms in total. The summed E-state index contributed by atoms with van der Waals surface area (Å²) >= 11 is 0. The van der Waals surface area contributed by atoms with E-state index < -0.39 is 6.09 Å². The topological polar surface area (TPSA) is 85.2 Å². The highest BCUT2D eigenvalue weighted by molar-refractivity contribution is 5.78. The van der Waals surface area contributed by atoms with Crippen molar-refractivity contribution in [2.45, 2.75) is 6.92 Å². The van der Waals surface area contributed by atoms with Crippen LogP contribution in [0.1, 0.15) is 6.92 Å². The Bertz CT molecular complexity index is 922. The minimum absolute atomic E-state index is 0.00519. The summed E-state index contributed by atoms with van der Waals surface area (Å²) < 4.78 is 6.30. The molecule has 0 aliphatic heterocycles. The quantitative estimate of drug-likeness (QED) is 0.720. The number of para-hydroxylation sites is 3. The molecule has 0 aliphatic carbocycles. The zero-order valence-electron chi connectivity index (χ0n) is 13.0. The number of benzene rings is 2. The summed E-state index contributed by atoms with van der Waals surface area (Å²) in [6, 6.07) is 16.5. The second-order valence-electron chi connectivity index (χ2n) is 4.90. The van der Waals surface area contributed by atoms with Gasteiger partial charge in [0.1, 0.15) is 0 Å². The molecule has 3 aromatic rings. The predicted molar refractivity (Wildman–Crippen MR) is 91.1 cm³/mol. The molecule has 0 radical (unpaired) electrons. The van der Waals surface area contributed by atoms with Crippen LogP contribution >= 0.6 is 0 Å². The van der Waals surface area contributed by atoms with Gasteiger partial charge in [0.25, 0.3) is 5.56 Å². The van der Waals surface area contributed by atoms with Gasteiger partial charge in [0.2, 0.25) is 5.82 Å². The van der Waals surface area contributed by atoms with E-state index in [1.165, 1.54) is 4.57 Å². The molecule has 1 amide bonds. The highest BCUT2D eigenvalue weighted by atomic mass is 16.5. The summed E-state index contributed by atoms with van der Waals surface area (Å²) in [7, 11) is 0. The number of aromatic nitrogens is 2. The van der Waals surface area contributed by atoms with E-state index in [1.54, 1.807) is 13.0 Å². The van der Waals surface area contributed by atoms with Gasteiger partial charge in [0, 0.05) is 5.69 Å². The Hall–Kier alpha value is -3.35. The molecule has 3 rings (SSSR count). The lowest BCUT2D eigenvalue weighted by molar-refractivity contribution is 0.154. The first-order chi connectivity index (χ1) is 11.7. The van der Waals surface area contributed by atoms with E-state index >= 15 is 0 Å². The minimum Gasteiger partial charge on any atom is -0.449 e. The first-order valence-corrected chi connectivity index (χ1v) is 7.46. The zero-order valence-corrected chi connectivity index (χ0v) is 13.0. The molecular formula is C17H16N4O3. The molecule has 7 heteroatoms. The van der Waals surface area contributed by atoms with Crippen molar-refractivity contribution in [3.63, 3.8) is 0 Å². The Morgan fingerprint density at radius 1 is 1.12 bits per heavy atom. The van der Waals surface area contributed by atoms with Gasteiger partial charge in [-0.05, 0) is 31.2 Å². The fourth-order valence-electron chi connectivity index (χ4n) is 2.32. The molecule has 2 N–H and O–H groups in total. The van der Waals surface area contributed by atoms with E-state index in [9.17, 15) is 9.59 Å². The molecule has 122 valence electrons. The van der Waals surface area contributed by atoms with Crippen LogP contribution in [-0.2, 0) is 4.74 Å². The molecule has 0 aliphatic rings. The van der Waals surface area contributed by atoms with Gasteiger partial charge in [-0.3, -0.25) is 14.8 Å². The van der Waals surface area contributed by atoms with Crippen LogP contribution in [0.15, 0.2) is 59.4 Å². The number of nitrogens with zero attached hydrogens (tertiary/aromatic N) is 2. The van der Waals surface area contributed by atoms with Gasteiger partial charge in [-0.1, -0.05) is 30.3 Å². The van der Waals surface area contributed by atoms with E-state index in [0.29, 0.717) is 16.7 Å². The fraction of sp³-hybridized carbons (Fsp3) is 0.118. The van der Waals surface area contributed by atoms with Crippen LogP contribution in [0.2, 0.25) is 0 Å². The highest BCUT2D eigenvalue weighted by Gasteiger charge is 2.13. The van der Waals surface area contributed by atoms with Crippen molar-refractivity contribution in [2.75, 3.05) is 12.0 Å². The van der Waals surface area contributed by atoms with Crippen LogP contribution in [0.25, 0.3) is 16.7 Å². The second-order valence-corrected chi connectivity index (χ2v) is 4.90. The first kappa shape index (κ1) is 15.5. The Morgan fingerprint density at radius 3 is 2.58 bits per heavy atom. The number of hydrogen-bond acceptors (Lipinski definition) is 5. The Labute approximate surface area is 137 Å². The lowest BCUT2D eigenvalue weighted by Crippen LogP contribution is -2.35. The number of carbonyl (C=O) groups is 1. The van der Waals surface area contributed by atoms with Crippen LogP contribution < -0.4 is 16.4 Å². The smallest absolute Gasteiger partial charge is 0.425 e. The summed E-state index contributed by atoms with van der Waals surface area (Å²) in [5.74, 6) is 0.00519. The number of fused-ring (bicyclic) bond motifs is 1. The molecule has 0 saturated heterocycles. The predicted octanol–water partition coefficient (Wildman–Crippen LogP) is 2.46. The van der Waals surface area contributed by atoms with E-state index in [2.05, 4.69) is 15.8 Å². The lowest BCUT2D eigenvalue weighted by Gasteiger charge is -2.13. The van der Waals surface area contributed by atoms with E-state index in [-0.39, 0.29) is 18.0 Å². The van der Waals surface area contributed by atoms with Gasteiger partial charge in [-0.2, -0.15) is 0 Å². The van der Waals surface area contributed by atoms with Crippen LogP contribution in [0.5, 0.6) is 0 Å². The number of nitrogens with one attached hydrogen (secondary N) is 2. The van der Waals surface area contributed by atoms with Crippen LogP contribution in [-0.4, -0.2) is 22.3 Å². The summed E-state index contributed by atoms with van der Waals surface area (Å²) in [6.07, 6.45) is -0.682. The largest absolute Gasteiger partial charge is 0.449 e. The zero-order chi connectivity index (χ0) is 16.9. The van der Waals surface area contributed by atoms with Crippen molar-refractivity contribution in [3.05, 3.63) is 65.0 Å². The third-order valence-electron chi connectivity index (χ3n) is 3.33. The van der Waals surface area contributed by atoms with E-state index in [1.807, 2.05) is 48.5 Å². The van der Waals surface area contributed by atoms with Crippen LogP contribution in [0, 0.1) is 0 Å². The second kappa shape index (κ2) is 6.82. The van der Waals surface area contributed by atoms with Gasteiger partial charge in [-0.15, -0.1) is 0 Å². The third-order valence-corrected chi connectivity index (χ3v) is 3.33. The monoisotopic (exact) mass is 324 g/mol. The Balaban J connectivity index is 2.10. The molecular weight excluding hydrogens is 308 g/mol. The number of hydrazine groups is 1. The molecule has 0 bridgehead atoms. The number of carbonyl (C=O) groups excluding carboxylic acids is 1. The molecule has 0 atom stereocenters. The van der Waals surface area contributed by atoms with Gasteiger partial charge in [0.15, 0.2) is 0 Å². The highest BCUT2D eigenvalue weighted by Crippen LogP contribution is 2.16. The van der Waals surface area contributed by atoms with Crippen molar-refractivity contribution in [1.29, 1.82) is 0 Å². The Morgan fingerprint density at radius 2 is 1.83 bits per heavy atom. The minimum atomic E-state index is -0.682. The van der Waals surface area contributed by atoms with Crippen LogP contribution in [0.3, 0.4) is 0 Å². The first-order valence-electron chi connectivity index (χ1n) is 7.46. The van der Waals surface area contributed by atoms with Gasteiger partial charge < -0.3 is 4.74 Å². The Kier molecular flexibility index (Phi) is 4.42. The molecule has 0 unspecified atom stereocenters. The number of hydrogen-bond donors (Lipinski definition) is 2. The number of amides is 1. The average Bonchev–Trinajstić information content (AvgIpc) is 2.61. The van der Waals surface area contributed by atoms with Crippen molar-refractivity contribution in [3.8, 4) is 5.69 Å². The maximum Gasteiger partial charge on any atom is 0.425 e. The maximum absolute atomic E-state index is 12.8. The van der Waals surface area contributed by atoms with Gasteiger partial charge >= 0.3 is 6.09 Å². The molecule has 1 heterocycles. The number of ether oxygens (including phenoxy) is 1. The lowest BCUT2D eigenvalue weighted by atomic mass is 10.2. The molecule has 2 aromatic carbocycles. The fourth-order valence-corrected chi connectivity index (χ4v) is 2.32. The summed E-state index contributed by atoms with van der Waals surface area (Å²) in [5.41, 5.74) is 6.45. The van der Waals surface area contributed by atoms with Crippen molar-refractivity contribution in [2.24, 2.45) is 0 Å². The molecule has 24 heavy (non-hydrogen) atoms. The van der Waals surface area contributed by atoms with Crippen molar-refractivity contribution < 1.29 is 9.53 Å². The number of anilines is 1.